The van der Waals surface area contributed by atoms with Crippen LogP contribution in [-0.2, 0) is 33.0 Å². The Morgan fingerprint density at radius 3 is 2.34 bits per heavy atom. The van der Waals surface area contributed by atoms with E-state index >= 15 is 8.78 Å². The van der Waals surface area contributed by atoms with E-state index in [0.29, 0.717) is 36.1 Å². The molecule has 5 aromatic rings. The summed E-state index contributed by atoms with van der Waals surface area (Å²) in [5, 5.41) is 2.67. The molecule has 0 spiro atoms. The number of carbonyl (C=O) groups excluding carboxylic acids is 2. The molecule has 1 amide bonds. The molecule has 1 aliphatic rings. The largest absolute Gasteiger partial charge is 0.495 e. The van der Waals surface area contributed by atoms with Gasteiger partial charge in [0.25, 0.3) is 21.5 Å². The highest BCUT2D eigenvalue weighted by Crippen LogP contribution is 2.27. The van der Waals surface area contributed by atoms with E-state index in [1.165, 1.54) is 67.5 Å². The maximum Gasteiger partial charge on any atom is 0.335 e. The van der Waals surface area contributed by atoms with Gasteiger partial charge in [-0.15, -0.1) is 0 Å². The van der Waals surface area contributed by atoms with Crippen LogP contribution in [0, 0.1) is 11.6 Å². The number of hydrogen-bond donors (Lipinski definition) is 2. The van der Waals surface area contributed by atoms with E-state index in [2.05, 4.69) is 15.0 Å². The molecule has 16 heteroatoms. The van der Waals surface area contributed by atoms with Crippen molar-refractivity contribution >= 4 is 38.5 Å². The number of sulfonamides is 1. The molecule has 2 N–H and O–H groups in total. The third-order valence-corrected chi connectivity index (χ3v) is 10.4. The highest BCUT2D eigenvalue weighted by molar-refractivity contribution is 7.92. The number of pyridine rings is 1. The standard InChI is InChI=1S/C37H35F2N5O8S/c1-43-30-21-40-17-16-26(30)35(46)44(37(43)48)24-14-12-22(13-15-24)18-29(36(47)52-25-8-4-3-5-9-25)41-34(45)33-27(38)19-23(20-28(33)39)42-53(49,50)32-11-7-6-10-31(32)51-2/h6-7,10-17,19-21,25,29,42H,3-5,8-9,18H2,1-2H3,(H,41,45)/t29-/m0/s1. The van der Waals surface area contributed by atoms with Gasteiger partial charge in [0.2, 0.25) is 0 Å². The third kappa shape index (κ3) is 7.82. The summed E-state index contributed by atoms with van der Waals surface area (Å²) < 4.78 is 71.9. The lowest BCUT2D eigenvalue weighted by Gasteiger charge is -2.25. The first-order valence-electron chi connectivity index (χ1n) is 16.7. The van der Waals surface area contributed by atoms with Gasteiger partial charge in [0, 0.05) is 19.7 Å². The summed E-state index contributed by atoms with van der Waals surface area (Å²) in [5.41, 5.74) is -1.62. The number of rotatable bonds is 11. The van der Waals surface area contributed by atoms with Crippen LogP contribution < -0.4 is 26.0 Å². The summed E-state index contributed by atoms with van der Waals surface area (Å²) in [4.78, 5) is 57.0. The Morgan fingerprint density at radius 2 is 1.66 bits per heavy atom. The predicted molar refractivity (Wildman–Crippen MR) is 191 cm³/mol. The minimum absolute atomic E-state index is 0.00218. The maximum atomic E-state index is 15.4. The number of nitrogens with zero attached hydrogens (tertiary/aromatic N) is 3. The van der Waals surface area contributed by atoms with Gasteiger partial charge in [-0.1, -0.05) is 30.7 Å². The number of halogens is 2. The average Bonchev–Trinajstić information content (AvgIpc) is 3.14. The van der Waals surface area contributed by atoms with E-state index in [1.54, 1.807) is 18.2 Å². The van der Waals surface area contributed by atoms with Crippen LogP contribution >= 0.6 is 0 Å². The van der Waals surface area contributed by atoms with Gasteiger partial charge in [0.05, 0.1) is 35.6 Å². The molecular formula is C37H35F2N5O8S. The van der Waals surface area contributed by atoms with Gasteiger partial charge in [-0.05, 0) is 73.7 Å². The Hall–Kier alpha value is -5.90. The van der Waals surface area contributed by atoms with Gasteiger partial charge in [0.15, 0.2) is 0 Å². The molecule has 2 heterocycles. The number of amides is 1. The van der Waals surface area contributed by atoms with Crippen molar-refractivity contribution in [2.24, 2.45) is 7.05 Å². The second kappa shape index (κ2) is 15.4. The van der Waals surface area contributed by atoms with Crippen LogP contribution in [0.25, 0.3) is 16.6 Å². The number of hydrogen-bond acceptors (Lipinski definition) is 9. The number of aryl methyl sites for hydroxylation is 1. The minimum atomic E-state index is -4.35. The van der Waals surface area contributed by atoms with Crippen molar-refractivity contribution in [1.82, 2.24) is 19.4 Å². The van der Waals surface area contributed by atoms with Gasteiger partial charge in [0.1, 0.15) is 40.0 Å². The quantitative estimate of drug-likeness (QED) is 0.186. The van der Waals surface area contributed by atoms with Crippen molar-refractivity contribution in [1.29, 1.82) is 0 Å². The van der Waals surface area contributed by atoms with E-state index in [0.717, 1.165) is 23.8 Å². The van der Waals surface area contributed by atoms with Crippen LogP contribution in [0.1, 0.15) is 48.0 Å². The van der Waals surface area contributed by atoms with Crippen LogP contribution in [0.3, 0.4) is 0 Å². The second-order valence-corrected chi connectivity index (χ2v) is 14.2. The highest BCUT2D eigenvalue weighted by atomic mass is 32.2. The molecule has 0 saturated heterocycles. The van der Waals surface area contributed by atoms with Gasteiger partial charge in [-0.25, -0.2) is 31.4 Å². The first-order valence-corrected chi connectivity index (χ1v) is 18.2. The van der Waals surface area contributed by atoms with Crippen molar-refractivity contribution in [3.63, 3.8) is 0 Å². The molecule has 6 rings (SSSR count). The lowest BCUT2D eigenvalue weighted by Crippen LogP contribution is -2.45. The van der Waals surface area contributed by atoms with E-state index in [4.69, 9.17) is 9.47 Å². The molecule has 0 aliphatic heterocycles. The van der Waals surface area contributed by atoms with Crippen molar-refractivity contribution in [2.45, 2.75) is 55.6 Å². The summed E-state index contributed by atoms with van der Waals surface area (Å²) in [6.45, 7) is 0. The zero-order valence-corrected chi connectivity index (χ0v) is 29.5. The lowest BCUT2D eigenvalue weighted by atomic mass is 9.97. The Bertz CT molecular complexity index is 2400. The molecule has 53 heavy (non-hydrogen) atoms. The molecular weight excluding hydrogens is 712 g/mol. The summed E-state index contributed by atoms with van der Waals surface area (Å²) in [6, 6.07) is 13.1. The fraction of sp³-hybridized carbons (Fsp3) is 0.270. The molecule has 276 valence electrons. The minimum Gasteiger partial charge on any atom is -0.495 e. The van der Waals surface area contributed by atoms with Gasteiger partial charge in [-0.3, -0.25) is 23.9 Å². The summed E-state index contributed by atoms with van der Waals surface area (Å²) >= 11 is 0. The van der Waals surface area contributed by atoms with Gasteiger partial charge < -0.3 is 14.8 Å². The van der Waals surface area contributed by atoms with Crippen LogP contribution in [0.15, 0.2) is 93.6 Å². The van der Waals surface area contributed by atoms with Crippen LogP contribution in [0.5, 0.6) is 5.75 Å². The smallest absolute Gasteiger partial charge is 0.335 e. The number of aromatic nitrogens is 3. The number of methoxy groups -OCH3 is 1. The topological polar surface area (TPSA) is 168 Å². The molecule has 0 bridgehead atoms. The maximum absolute atomic E-state index is 15.4. The number of para-hydroxylation sites is 1. The molecule has 0 radical (unpaired) electrons. The van der Waals surface area contributed by atoms with Crippen LogP contribution in [0.4, 0.5) is 14.5 Å². The normalized spacial score (nSPS) is 14.0. The number of benzene rings is 3. The summed E-state index contributed by atoms with van der Waals surface area (Å²) in [6.07, 6.45) is 6.24. The van der Waals surface area contributed by atoms with Crippen molar-refractivity contribution < 1.29 is 36.3 Å². The van der Waals surface area contributed by atoms with Crippen LogP contribution in [-0.4, -0.2) is 53.7 Å². The average molecular weight is 748 g/mol. The fourth-order valence-electron chi connectivity index (χ4n) is 6.29. The molecule has 2 aromatic heterocycles. The number of carbonyl (C=O) groups is 2. The first kappa shape index (κ1) is 36.9. The van der Waals surface area contributed by atoms with E-state index in [-0.39, 0.29) is 28.1 Å². The fourth-order valence-corrected chi connectivity index (χ4v) is 7.50. The van der Waals surface area contributed by atoms with E-state index in [1.807, 2.05) is 0 Å². The second-order valence-electron chi connectivity index (χ2n) is 12.5. The van der Waals surface area contributed by atoms with Crippen molar-refractivity contribution in [2.75, 3.05) is 11.8 Å². The Morgan fingerprint density at radius 1 is 0.981 bits per heavy atom. The number of anilines is 1. The van der Waals surface area contributed by atoms with E-state index in [9.17, 15) is 27.6 Å². The molecule has 0 unspecified atom stereocenters. The first-order chi connectivity index (χ1) is 25.4. The van der Waals surface area contributed by atoms with Crippen LogP contribution in [0.2, 0.25) is 0 Å². The Balaban J connectivity index is 1.26. The molecule has 13 nitrogen and oxygen atoms in total. The summed E-state index contributed by atoms with van der Waals surface area (Å²) in [5.74, 6) is -4.86. The SMILES string of the molecule is COc1ccccc1S(=O)(=O)Nc1cc(F)c(C(=O)N[C@@H](Cc2ccc(-n3c(=O)c4ccncc4n(C)c3=O)cc2)C(=O)OC2CCCCC2)c(F)c1. The molecule has 1 fully saturated rings. The predicted octanol–water partition coefficient (Wildman–Crippen LogP) is 4.39. The molecule has 1 atom stereocenters. The molecule has 3 aromatic carbocycles. The van der Waals surface area contributed by atoms with Crippen molar-refractivity contribution in [3.8, 4) is 11.4 Å². The lowest BCUT2D eigenvalue weighted by molar-refractivity contribution is -0.152. The Kier molecular flexibility index (Phi) is 10.7. The molecule has 1 aliphatic carbocycles. The van der Waals surface area contributed by atoms with Crippen molar-refractivity contribution in [3.05, 3.63) is 123 Å². The zero-order chi connectivity index (χ0) is 37.9. The van der Waals surface area contributed by atoms with Gasteiger partial charge in [-0.2, -0.15) is 0 Å². The third-order valence-electron chi connectivity index (χ3n) is 9.01. The highest BCUT2D eigenvalue weighted by Gasteiger charge is 2.30. The zero-order valence-electron chi connectivity index (χ0n) is 28.7. The summed E-state index contributed by atoms with van der Waals surface area (Å²) in [7, 11) is -1.57. The Labute approximate surface area is 302 Å². The number of fused-ring (bicyclic) bond motifs is 1. The number of ether oxygens (including phenoxy) is 2. The van der Waals surface area contributed by atoms with E-state index < -0.39 is 68.2 Å². The number of nitrogens with one attached hydrogen (secondary N) is 2. The number of esters is 1. The van der Waals surface area contributed by atoms with Gasteiger partial charge >= 0.3 is 11.7 Å². The molecule has 1 saturated carbocycles. The monoisotopic (exact) mass is 747 g/mol.